The normalized spacial score (nSPS) is 27.9. The third-order valence-electron chi connectivity index (χ3n) is 3.79. The summed E-state index contributed by atoms with van der Waals surface area (Å²) in [5.74, 6) is 2.09. The second kappa shape index (κ2) is 7.31. The van der Waals surface area contributed by atoms with Gasteiger partial charge in [-0.15, -0.1) is 0 Å². The van der Waals surface area contributed by atoms with Crippen LogP contribution in [0.5, 0.6) is 0 Å². The molecule has 1 radical (unpaired) electrons. The summed E-state index contributed by atoms with van der Waals surface area (Å²) in [6, 6.07) is 0. The lowest BCUT2D eigenvalue weighted by Gasteiger charge is -2.28. The highest BCUT2D eigenvalue weighted by molar-refractivity contribution is 4.72. The summed E-state index contributed by atoms with van der Waals surface area (Å²) in [6.07, 6.45) is 14.3. The molecule has 1 saturated carbocycles. The van der Waals surface area contributed by atoms with Crippen molar-refractivity contribution in [2.24, 2.45) is 11.8 Å². The molecule has 0 atom stereocenters. The van der Waals surface area contributed by atoms with E-state index in [4.69, 9.17) is 0 Å². The van der Waals surface area contributed by atoms with Gasteiger partial charge in [0.15, 0.2) is 0 Å². The molecule has 0 aromatic carbocycles. The topological polar surface area (TPSA) is 0 Å². The van der Waals surface area contributed by atoms with E-state index in [1.807, 2.05) is 0 Å². The van der Waals surface area contributed by atoms with E-state index in [-0.39, 0.29) is 0 Å². The number of hydrogen-bond acceptors (Lipinski definition) is 0. The highest BCUT2D eigenvalue weighted by atomic mass is 14.3. The van der Waals surface area contributed by atoms with Gasteiger partial charge in [0.05, 0.1) is 0 Å². The molecule has 1 fully saturated rings. The summed E-state index contributed by atoms with van der Waals surface area (Å²) >= 11 is 0. The van der Waals surface area contributed by atoms with Crippen LogP contribution < -0.4 is 0 Å². The number of rotatable bonds is 6. The van der Waals surface area contributed by atoms with Crippen molar-refractivity contribution >= 4 is 0 Å². The van der Waals surface area contributed by atoms with Crippen molar-refractivity contribution in [2.75, 3.05) is 0 Å². The Labute approximate surface area is 90.5 Å². The molecule has 0 aliphatic heterocycles. The van der Waals surface area contributed by atoms with Crippen LogP contribution in [0.15, 0.2) is 0 Å². The molecule has 0 aromatic heterocycles. The molecule has 1 aliphatic rings. The van der Waals surface area contributed by atoms with Gasteiger partial charge in [-0.2, -0.15) is 0 Å². The van der Waals surface area contributed by atoms with Crippen molar-refractivity contribution in [3.8, 4) is 0 Å². The first-order valence-electron chi connectivity index (χ1n) is 6.66. The van der Waals surface area contributed by atoms with E-state index in [9.17, 15) is 0 Å². The van der Waals surface area contributed by atoms with Gasteiger partial charge < -0.3 is 0 Å². The standard InChI is InChI=1S/C14H27/c1-3-5-6-8-14-11-9-13(7-4-2)10-12-14/h13-14H,2-12H2,1H3. The minimum absolute atomic E-state index is 1.02. The Kier molecular flexibility index (Phi) is 6.31. The molecule has 0 unspecified atom stereocenters. The average molecular weight is 195 g/mol. The Bertz CT molecular complexity index is 120. The molecule has 83 valence electrons. The van der Waals surface area contributed by atoms with Crippen molar-refractivity contribution < 1.29 is 0 Å². The third kappa shape index (κ3) is 4.48. The summed E-state index contributed by atoms with van der Waals surface area (Å²) in [5.41, 5.74) is 0. The molecule has 0 heterocycles. The van der Waals surface area contributed by atoms with E-state index in [0.717, 1.165) is 18.3 Å². The lowest BCUT2D eigenvalue weighted by atomic mass is 9.78. The van der Waals surface area contributed by atoms with E-state index in [1.165, 1.54) is 57.8 Å². The minimum Gasteiger partial charge on any atom is -0.0654 e. The second-order valence-electron chi connectivity index (χ2n) is 5.02. The Hall–Kier alpha value is 0. The molecule has 0 spiro atoms. The Balaban J connectivity index is 2.03. The highest BCUT2D eigenvalue weighted by Crippen LogP contribution is 2.33. The van der Waals surface area contributed by atoms with Gasteiger partial charge in [0.1, 0.15) is 0 Å². The molecule has 14 heavy (non-hydrogen) atoms. The second-order valence-corrected chi connectivity index (χ2v) is 5.02. The molecule has 0 heteroatoms. The van der Waals surface area contributed by atoms with Gasteiger partial charge in [-0.3, -0.25) is 0 Å². The molecule has 0 nitrogen and oxygen atoms in total. The van der Waals surface area contributed by atoms with Crippen LogP contribution in [-0.4, -0.2) is 0 Å². The minimum atomic E-state index is 1.02. The van der Waals surface area contributed by atoms with E-state index in [0.29, 0.717) is 0 Å². The van der Waals surface area contributed by atoms with Crippen molar-refractivity contribution in [2.45, 2.75) is 71.1 Å². The maximum Gasteiger partial charge on any atom is -0.0414 e. The summed E-state index contributed by atoms with van der Waals surface area (Å²) in [4.78, 5) is 0. The molecule has 1 rings (SSSR count). The molecule has 0 bridgehead atoms. The van der Waals surface area contributed by atoms with Gasteiger partial charge in [-0.1, -0.05) is 78.1 Å². The van der Waals surface area contributed by atoms with Crippen LogP contribution in [0.4, 0.5) is 0 Å². The SMILES string of the molecule is [CH2]CCC1CCC(CCCCC)CC1. The molecule has 0 aromatic rings. The molecular formula is C14H27. The fourth-order valence-corrected chi connectivity index (χ4v) is 2.78. The third-order valence-corrected chi connectivity index (χ3v) is 3.79. The lowest BCUT2D eigenvalue weighted by Crippen LogP contribution is -2.14. The molecular weight excluding hydrogens is 168 g/mol. The monoisotopic (exact) mass is 195 g/mol. The molecule has 0 saturated heterocycles. The predicted octanol–water partition coefficient (Wildman–Crippen LogP) is 4.99. The summed E-state index contributed by atoms with van der Waals surface area (Å²) in [6.45, 7) is 6.26. The van der Waals surface area contributed by atoms with Crippen LogP contribution >= 0.6 is 0 Å². The van der Waals surface area contributed by atoms with Gasteiger partial charge >= 0.3 is 0 Å². The van der Waals surface area contributed by atoms with Crippen LogP contribution in [0.25, 0.3) is 0 Å². The van der Waals surface area contributed by atoms with Gasteiger partial charge in [0.25, 0.3) is 0 Å². The van der Waals surface area contributed by atoms with Gasteiger partial charge in [0.2, 0.25) is 0 Å². The summed E-state index contributed by atoms with van der Waals surface area (Å²) in [7, 11) is 0. The first kappa shape index (κ1) is 12.1. The predicted molar refractivity (Wildman–Crippen MR) is 64.2 cm³/mol. The van der Waals surface area contributed by atoms with E-state index < -0.39 is 0 Å². The molecule has 0 amide bonds. The van der Waals surface area contributed by atoms with E-state index in [1.54, 1.807) is 0 Å². The Morgan fingerprint density at radius 3 is 2.00 bits per heavy atom. The van der Waals surface area contributed by atoms with Crippen molar-refractivity contribution in [1.29, 1.82) is 0 Å². The smallest absolute Gasteiger partial charge is 0.0414 e. The van der Waals surface area contributed by atoms with Crippen molar-refractivity contribution in [3.63, 3.8) is 0 Å². The molecule has 1 aliphatic carbocycles. The highest BCUT2D eigenvalue weighted by Gasteiger charge is 2.19. The van der Waals surface area contributed by atoms with Gasteiger partial charge in [-0.25, -0.2) is 0 Å². The van der Waals surface area contributed by atoms with Crippen LogP contribution in [0.3, 0.4) is 0 Å². The first-order chi connectivity index (χ1) is 6.86. The first-order valence-corrected chi connectivity index (χ1v) is 6.66. The van der Waals surface area contributed by atoms with E-state index in [2.05, 4.69) is 13.8 Å². The fraction of sp³-hybridized carbons (Fsp3) is 0.929. The van der Waals surface area contributed by atoms with Gasteiger partial charge in [-0.05, 0) is 11.8 Å². The Morgan fingerprint density at radius 2 is 1.50 bits per heavy atom. The largest absolute Gasteiger partial charge is 0.0654 e. The zero-order chi connectivity index (χ0) is 10.2. The number of hydrogen-bond donors (Lipinski definition) is 0. The lowest BCUT2D eigenvalue weighted by molar-refractivity contribution is 0.250. The Morgan fingerprint density at radius 1 is 0.929 bits per heavy atom. The van der Waals surface area contributed by atoms with Crippen LogP contribution in [-0.2, 0) is 0 Å². The average Bonchev–Trinajstić information content (AvgIpc) is 2.21. The van der Waals surface area contributed by atoms with Crippen LogP contribution in [0.1, 0.15) is 71.1 Å². The fourth-order valence-electron chi connectivity index (χ4n) is 2.78. The van der Waals surface area contributed by atoms with Crippen molar-refractivity contribution in [3.05, 3.63) is 6.92 Å². The quantitative estimate of drug-likeness (QED) is 0.524. The maximum atomic E-state index is 3.96. The molecule has 0 N–H and O–H groups in total. The zero-order valence-electron chi connectivity index (χ0n) is 9.93. The maximum absolute atomic E-state index is 3.96. The zero-order valence-corrected chi connectivity index (χ0v) is 9.93. The summed E-state index contributed by atoms with van der Waals surface area (Å²) < 4.78 is 0. The van der Waals surface area contributed by atoms with Gasteiger partial charge in [0, 0.05) is 0 Å². The van der Waals surface area contributed by atoms with E-state index >= 15 is 0 Å². The number of unbranched alkanes of at least 4 members (excludes halogenated alkanes) is 2. The van der Waals surface area contributed by atoms with Crippen LogP contribution in [0.2, 0.25) is 0 Å². The van der Waals surface area contributed by atoms with Crippen LogP contribution in [0, 0.1) is 18.8 Å². The van der Waals surface area contributed by atoms with Crippen molar-refractivity contribution in [1.82, 2.24) is 0 Å². The summed E-state index contributed by atoms with van der Waals surface area (Å²) in [5, 5.41) is 0.